The van der Waals surface area contributed by atoms with E-state index in [1.54, 1.807) is 12.3 Å². The lowest BCUT2D eigenvalue weighted by Gasteiger charge is -2.34. The van der Waals surface area contributed by atoms with Crippen molar-refractivity contribution in [2.24, 2.45) is 0 Å². The summed E-state index contributed by atoms with van der Waals surface area (Å²) in [5, 5.41) is 24.0. The van der Waals surface area contributed by atoms with Gasteiger partial charge in [-0.25, -0.2) is 9.50 Å². The number of alkyl halides is 4. The lowest BCUT2D eigenvalue weighted by atomic mass is 10.0. The maximum Gasteiger partial charge on any atom is 0.387 e. The third-order valence-electron chi connectivity index (χ3n) is 7.88. The Kier molecular flexibility index (Phi) is 9.76. The van der Waals surface area contributed by atoms with E-state index in [0.29, 0.717) is 18.4 Å². The summed E-state index contributed by atoms with van der Waals surface area (Å²) in [5.74, 6) is -1.07. The number of tetrazole rings is 1. The molecule has 15 nitrogen and oxygen atoms in total. The molecule has 1 aromatic carbocycles. The van der Waals surface area contributed by atoms with Gasteiger partial charge in [0, 0.05) is 31.2 Å². The zero-order valence-electron chi connectivity index (χ0n) is 26.0. The molecule has 0 atom stereocenters. The van der Waals surface area contributed by atoms with Crippen LogP contribution in [0.15, 0.2) is 49.1 Å². The summed E-state index contributed by atoms with van der Waals surface area (Å²) >= 11 is 0. The molecule has 0 radical (unpaired) electrons. The number of halogens is 4. The van der Waals surface area contributed by atoms with Crippen molar-refractivity contribution in [3.63, 3.8) is 0 Å². The van der Waals surface area contributed by atoms with Crippen molar-refractivity contribution >= 4 is 17.2 Å². The van der Waals surface area contributed by atoms with Crippen LogP contribution in [0.3, 0.4) is 0 Å². The summed E-state index contributed by atoms with van der Waals surface area (Å²) in [7, 11) is 4.18. The molecule has 0 bridgehead atoms. The monoisotopic (exact) mass is 672 g/mol. The number of likely N-dealkylation sites (tertiary alicyclic amines) is 1. The van der Waals surface area contributed by atoms with Crippen LogP contribution in [-0.2, 0) is 13.1 Å². The molecular formula is C29H32F4N12O3. The molecule has 1 saturated heterocycles. The topological polar surface area (TPSA) is 146 Å². The summed E-state index contributed by atoms with van der Waals surface area (Å²) in [6, 6.07) is 5.38. The number of hydrogen-bond donors (Lipinski definition) is 1. The van der Waals surface area contributed by atoms with Gasteiger partial charge in [0.25, 0.3) is 5.91 Å². The lowest BCUT2D eigenvalue weighted by Crippen LogP contribution is -2.43. The van der Waals surface area contributed by atoms with Crippen molar-refractivity contribution in [3.8, 4) is 22.8 Å². The Morgan fingerprint density at radius 3 is 2.62 bits per heavy atom. The second kappa shape index (κ2) is 14.3. The molecule has 1 aliphatic rings. The van der Waals surface area contributed by atoms with Crippen LogP contribution < -0.4 is 14.8 Å². The van der Waals surface area contributed by atoms with Crippen LogP contribution in [-0.4, -0.2) is 113 Å². The van der Waals surface area contributed by atoms with E-state index >= 15 is 0 Å². The molecular weight excluding hydrogens is 640 g/mol. The van der Waals surface area contributed by atoms with Crippen LogP contribution in [0.1, 0.15) is 29.0 Å². The van der Waals surface area contributed by atoms with Gasteiger partial charge in [-0.2, -0.15) is 32.6 Å². The third kappa shape index (κ3) is 7.68. The van der Waals surface area contributed by atoms with Crippen molar-refractivity contribution in [2.45, 2.75) is 45.2 Å². The molecule has 6 rings (SSSR count). The number of carbonyl (C=O) groups is 1. The Morgan fingerprint density at radius 1 is 1.08 bits per heavy atom. The number of nitrogens with zero attached hydrogens (tertiary/aromatic N) is 11. The number of ether oxygens (including phenoxy) is 2. The summed E-state index contributed by atoms with van der Waals surface area (Å²) in [6.45, 7) is -3.23. The maximum absolute atomic E-state index is 13.4. The molecule has 1 N–H and O–H groups in total. The number of anilines is 1. The molecule has 1 fully saturated rings. The number of carbonyl (C=O) groups excluding carboxylic acids is 1. The Balaban J connectivity index is 1.26. The highest BCUT2D eigenvalue weighted by Crippen LogP contribution is 2.38. The summed E-state index contributed by atoms with van der Waals surface area (Å²) < 4.78 is 64.8. The first-order valence-corrected chi connectivity index (χ1v) is 15.0. The normalized spacial score (nSPS) is 14.4. The van der Waals surface area contributed by atoms with Gasteiger partial charge in [-0.05, 0) is 69.5 Å². The lowest BCUT2D eigenvalue weighted by molar-refractivity contribution is -0.0526. The predicted molar refractivity (Wildman–Crippen MR) is 162 cm³/mol. The highest BCUT2D eigenvalue weighted by Gasteiger charge is 2.24. The molecule has 5 aromatic rings. The average molecular weight is 673 g/mol. The Morgan fingerprint density at radius 2 is 1.88 bits per heavy atom. The molecule has 1 aliphatic heterocycles. The van der Waals surface area contributed by atoms with Crippen LogP contribution in [0.2, 0.25) is 0 Å². The van der Waals surface area contributed by atoms with Crippen molar-refractivity contribution < 1.29 is 31.8 Å². The number of aromatic nitrogens is 9. The van der Waals surface area contributed by atoms with E-state index in [1.165, 1.54) is 32.6 Å². The largest absolute Gasteiger partial charge is 0.435 e. The van der Waals surface area contributed by atoms with E-state index in [4.69, 9.17) is 0 Å². The fourth-order valence-electron chi connectivity index (χ4n) is 5.51. The minimum absolute atomic E-state index is 0.0202. The minimum Gasteiger partial charge on any atom is -0.435 e. The van der Waals surface area contributed by atoms with Crippen LogP contribution in [0, 0.1) is 0 Å². The van der Waals surface area contributed by atoms with E-state index in [2.05, 4.69) is 69.3 Å². The van der Waals surface area contributed by atoms with Crippen molar-refractivity contribution in [1.29, 1.82) is 0 Å². The molecule has 0 aliphatic carbocycles. The van der Waals surface area contributed by atoms with E-state index < -0.39 is 19.1 Å². The summed E-state index contributed by atoms with van der Waals surface area (Å²) in [6.07, 6.45) is 8.01. The van der Waals surface area contributed by atoms with Crippen molar-refractivity contribution in [2.75, 3.05) is 39.0 Å². The van der Waals surface area contributed by atoms with Gasteiger partial charge >= 0.3 is 13.2 Å². The number of amides is 1. The van der Waals surface area contributed by atoms with Crippen LogP contribution in [0.4, 0.5) is 23.2 Å². The Bertz CT molecular complexity index is 1850. The fourth-order valence-corrected chi connectivity index (χ4v) is 5.51. The Hall–Kier alpha value is -5.17. The number of hydrogen-bond acceptors (Lipinski definition) is 11. The van der Waals surface area contributed by atoms with Gasteiger partial charge in [0.2, 0.25) is 0 Å². The first kappa shape index (κ1) is 32.8. The first-order valence-electron chi connectivity index (χ1n) is 15.0. The molecule has 0 saturated carbocycles. The summed E-state index contributed by atoms with van der Waals surface area (Å²) in [4.78, 5) is 23.7. The molecule has 48 heavy (non-hydrogen) atoms. The summed E-state index contributed by atoms with van der Waals surface area (Å²) in [5.41, 5.74) is 0.202. The zero-order valence-corrected chi connectivity index (χ0v) is 26.0. The van der Waals surface area contributed by atoms with E-state index in [9.17, 15) is 22.4 Å². The quantitative estimate of drug-likeness (QED) is 0.184. The molecule has 19 heteroatoms. The van der Waals surface area contributed by atoms with Gasteiger partial charge in [0.1, 0.15) is 29.3 Å². The standard InChI is InChI=1S/C29H32F4N12O3/c1-41(2)18-6-10-42(11-7-18)12-13-45-38-24(37-40-45)17-43-16-22(36-27(46)21-15-35-44-9-3-8-34-26(21)44)25(39-43)20-14-19(47-28(30)31)4-5-23(20)48-29(32)33/h3-5,8-9,14-16,18,28-29H,6-7,10-13,17H2,1-2H3,(H,36,46). The van der Waals surface area contributed by atoms with E-state index in [1.807, 2.05) is 0 Å². The van der Waals surface area contributed by atoms with Gasteiger partial charge in [0.05, 0.1) is 24.0 Å². The van der Waals surface area contributed by atoms with Gasteiger partial charge in [-0.1, -0.05) is 0 Å². The second-order valence-electron chi connectivity index (χ2n) is 11.2. The number of fused-ring (bicyclic) bond motifs is 1. The first-order chi connectivity index (χ1) is 23.1. The highest BCUT2D eigenvalue weighted by molar-refractivity contribution is 6.09. The van der Waals surface area contributed by atoms with Crippen LogP contribution >= 0.6 is 0 Å². The number of benzene rings is 1. The van der Waals surface area contributed by atoms with Gasteiger partial charge in [-0.15, -0.1) is 10.2 Å². The van der Waals surface area contributed by atoms with Crippen molar-refractivity contribution in [1.82, 2.24) is 54.4 Å². The van der Waals surface area contributed by atoms with Gasteiger partial charge < -0.3 is 24.6 Å². The fraction of sp³-hybridized carbons (Fsp3) is 0.414. The molecule has 4 aromatic heterocycles. The molecule has 254 valence electrons. The van der Waals surface area contributed by atoms with Crippen LogP contribution in [0.5, 0.6) is 11.5 Å². The van der Waals surface area contributed by atoms with E-state index in [0.717, 1.165) is 50.7 Å². The number of piperidine rings is 1. The molecule has 5 heterocycles. The average Bonchev–Trinajstić information content (AvgIpc) is 3.79. The maximum atomic E-state index is 13.4. The van der Waals surface area contributed by atoms with Gasteiger partial charge in [0.15, 0.2) is 11.5 Å². The van der Waals surface area contributed by atoms with E-state index in [-0.39, 0.29) is 46.2 Å². The molecule has 0 unspecified atom stereocenters. The van der Waals surface area contributed by atoms with Gasteiger partial charge in [-0.3, -0.25) is 9.48 Å². The smallest absolute Gasteiger partial charge is 0.387 e. The second-order valence-corrected chi connectivity index (χ2v) is 11.2. The third-order valence-corrected chi connectivity index (χ3v) is 7.88. The Labute approximate surface area is 271 Å². The SMILES string of the molecule is CN(C)C1CCN(CCn2nnc(Cn3cc(NC(=O)c4cnn5cccnc45)c(-c4cc(OC(F)F)ccc4OC(F)F)n3)n2)CC1. The highest BCUT2D eigenvalue weighted by atomic mass is 19.3. The molecule has 1 amide bonds. The number of nitrogens with one attached hydrogen (secondary N) is 1. The number of rotatable bonds is 13. The minimum atomic E-state index is -3.24. The zero-order chi connectivity index (χ0) is 33.8. The van der Waals surface area contributed by atoms with Crippen molar-refractivity contribution in [3.05, 3.63) is 60.4 Å². The predicted octanol–water partition coefficient (Wildman–Crippen LogP) is 3.11. The van der Waals surface area contributed by atoms with Crippen LogP contribution in [0.25, 0.3) is 16.9 Å². The molecule has 0 spiro atoms.